The number of urea groups is 1. The highest BCUT2D eigenvalue weighted by molar-refractivity contribution is 7.86. The molecule has 3 aliphatic heterocycles. The molecule has 3 aliphatic rings. The van der Waals surface area contributed by atoms with Crippen LogP contribution in [0.3, 0.4) is 0 Å². The van der Waals surface area contributed by atoms with E-state index in [-0.39, 0.29) is 24.5 Å². The number of benzene rings is 2. The molecule has 0 spiro atoms. The Kier molecular flexibility index (Phi) is 3.62. The highest BCUT2D eigenvalue weighted by Crippen LogP contribution is 2.44. The van der Waals surface area contributed by atoms with Crippen LogP contribution in [0.15, 0.2) is 42.5 Å². The number of imide groups is 1. The first-order valence-electron chi connectivity index (χ1n) is 9.15. The van der Waals surface area contributed by atoms with Gasteiger partial charge in [0.2, 0.25) is 0 Å². The van der Waals surface area contributed by atoms with Crippen LogP contribution in [-0.2, 0) is 15.0 Å². The van der Waals surface area contributed by atoms with Gasteiger partial charge in [0.15, 0.2) is 0 Å². The van der Waals surface area contributed by atoms with Gasteiger partial charge < -0.3 is 4.90 Å². The molecular formula is C19H20N4O4S. The number of carbonyl (C=O) groups excluding carboxylic acids is 2. The van der Waals surface area contributed by atoms with E-state index in [0.717, 1.165) is 15.1 Å². The molecular weight excluding hydrogens is 380 g/mol. The van der Waals surface area contributed by atoms with Crippen LogP contribution in [0.5, 0.6) is 0 Å². The summed E-state index contributed by atoms with van der Waals surface area (Å²) in [7, 11) is -0.695. The molecule has 3 fully saturated rings. The van der Waals surface area contributed by atoms with E-state index in [1.807, 2.05) is 36.4 Å². The Balaban J connectivity index is 1.56. The number of nitrogens with zero attached hydrogens (tertiary/aromatic N) is 4. The van der Waals surface area contributed by atoms with Crippen molar-refractivity contribution in [2.45, 2.75) is 24.5 Å². The summed E-state index contributed by atoms with van der Waals surface area (Å²) in [4.78, 5) is 29.3. The first kappa shape index (κ1) is 17.6. The summed E-state index contributed by atoms with van der Waals surface area (Å²) in [6.07, 6.45) is 0.499. The summed E-state index contributed by atoms with van der Waals surface area (Å²) < 4.78 is 27.8. The SMILES string of the molecule is CN(C)S(=O)(=O)N1C[C@@H]2C[C@H]1[C@H]1C(=O)N(c3cccc4ccccc34)C(=O)N21. The van der Waals surface area contributed by atoms with Gasteiger partial charge in [-0.2, -0.15) is 17.0 Å². The van der Waals surface area contributed by atoms with Crippen LogP contribution in [-0.4, -0.2) is 72.6 Å². The first-order valence-corrected chi connectivity index (χ1v) is 10.6. The van der Waals surface area contributed by atoms with Gasteiger partial charge in [0, 0.05) is 32.1 Å². The van der Waals surface area contributed by atoms with Crippen molar-refractivity contribution in [2.75, 3.05) is 25.5 Å². The summed E-state index contributed by atoms with van der Waals surface area (Å²) in [5, 5.41) is 1.76. The van der Waals surface area contributed by atoms with Crippen LogP contribution < -0.4 is 4.90 Å². The molecule has 0 saturated carbocycles. The van der Waals surface area contributed by atoms with Crippen LogP contribution in [0.25, 0.3) is 10.8 Å². The first-order chi connectivity index (χ1) is 13.3. The van der Waals surface area contributed by atoms with E-state index in [4.69, 9.17) is 0 Å². The van der Waals surface area contributed by atoms with E-state index < -0.39 is 22.3 Å². The van der Waals surface area contributed by atoms with Gasteiger partial charge in [0.25, 0.3) is 16.1 Å². The molecule has 0 unspecified atom stereocenters. The molecule has 146 valence electrons. The molecule has 2 bridgehead atoms. The predicted octanol–water partition coefficient (Wildman–Crippen LogP) is 1.24. The molecule has 2 aromatic rings. The maximum Gasteiger partial charge on any atom is 0.332 e. The van der Waals surface area contributed by atoms with Crippen LogP contribution in [0.1, 0.15) is 6.42 Å². The smallest absolute Gasteiger partial charge is 0.306 e. The molecule has 3 atom stereocenters. The Morgan fingerprint density at radius 2 is 1.75 bits per heavy atom. The molecule has 5 rings (SSSR count). The van der Waals surface area contributed by atoms with Gasteiger partial charge in [-0.3, -0.25) is 4.79 Å². The minimum Gasteiger partial charge on any atom is -0.306 e. The third kappa shape index (κ3) is 2.15. The number of hydrogen-bond acceptors (Lipinski definition) is 4. The number of amides is 3. The minimum absolute atomic E-state index is 0.226. The van der Waals surface area contributed by atoms with Gasteiger partial charge in [0.1, 0.15) is 6.04 Å². The van der Waals surface area contributed by atoms with Crippen LogP contribution in [0, 0.1) is 0 Å². The molecule has 2 aromatic carbocycles. The van der Waals surface area contributed by atoms with E-state index in [1.165, 1.54) is 23.3 Å². The maximum atomic E-state index is 13.3. The molecule has 28 heavy (non-hydrogen) atoms. The monoisotopic (exact) mass is 400 g/mol. The summed E-state index contributed by atoms with van der Waals surface area (Å²) in [6, 6.07) is 11.2. The van der Waals surface area contributed by atoms with E-state index in [2.05, 4.69) is 0 Å². The zero-order chi connectivity index (χ0) is 19.8. The van der Waals surface area contributed by atoms with E-state index in [1.54, 1.807) is 11.0 Å². The van der Waals surface area contributed by atoms with Gasteiger partial charge in [-0.25, -0.2) is 9.69 Å². The standard InChI is InChI=1S/C19H20N4O4S/c1-20(2)28(26,27)21-11-13-10-16(21)17-18(24)23(19(25)22(13)17)15-9-5-7-12-6-3-4-8-14(12)15/h3-9,13,16-17H,10-11H2,1-2H3/t13-,16-,17-/m0/s1. The van der Waals surface area contributed by atoms with Crippen molar-refractivity contribution in [3.8, 4) is 0 Å². The Morgan fingerprint density at radius 1 is 1.04 bits per heavy atom. The molecule has 0 radical (unpaired) electrons. The largest absolute Gasteiger partial charge is 0.332 e. The molecule has 8 nitrogen and oxygen atoms in total. The quantitative estimate of drug-likeness (QED) is 0.726. The molecule has 3 saturated heterocycles. The van der Waals surface area contributed by atoms with E-state index >= 15 is 0 Å². The van der Waals surface area contributed by atoms with Gasteiger partial charge in [-0.15, -0.1) is 0 Å². The number of anilines is 1. The summed E-state index contributed by atoms with van der Waals surface area (Å²) in [5.41, 5.74) is 0.545. The lowest BCUT2D eigenvalue weighted by Crippen LogP contribution is -2.56. The van der Waals surface area contributed by atoms with Gasteiger partial charge in [-0.1, -0.05) is 36.4 Å². The Hall–Kier alpha value is -2.49. The summed E-state index contributed by atoms with van der Waals surface area (Å²) >= 11 is 0. The highest BCUT2D eigenvalue weighted by Gasteiger charge is 2.64. The zero-order valence-electron chi connectivity index (χ0n) is 15.5. The number of hydrogen-bond donors (Lipinski definition) is 0. The van der Waals surface area contributed by atoms with E-state index in [9.17, 15) is 18.0 Å². The Labute approximate surface area is 163 Å². The fraction of sp³-hybridized carbons (Fsp3) is 0.368. The predicted molar refractivity (Wildman–Crippen MR) is 104 cm³/mol. The lowest BCUT2D eigenvalue weighted by atomic mass is 10.1. The fourth-order valence-corrected chi connectivity index (χ4v) is 6.04. The lowest BCUT2D eigenvalue weighted by molar-refractivity contribution is -0.120. The number of rotatable bonds is 3. The molecule has 3 heterocycles. The van der Waals surface area contributed by atoms with Gasteiger partial charge in [-0.05, 0) is 17.9 Å². The molecule has 0 aromatic heterocycles. The zero-order valence-corrected chi connectivity index (χ0v) is 16.3. The van der Waals surface area contributed by atoms with Gasteiger partial charge in [0.05, 0.1) is 11.7 Å². The second kappa shape index (κ2) is 5.76. The molecule has 3 amide bonds. The van der Waals surface area contributed by atoms with Crippen molar-refractivity contribution < 1.29 is 18.0 Å². The Bertz CT molecular complexity index is 1110. The van der Waals surface area contributed by atoms with E-state index in [0.29, 0.717) is 12.1 Å². The van der Waals surface area contributed by atoms with Crippen LogP contribution in [0.2, 0.25) is 0 Å². The van der Waals surface area contributed by atoms with Gasteiger partial charge >= 0.3 is 6.03 Å². The molecule has 9 heteroatoms. The van der Waals surface area contributed by atoms with Crippen LogP contribution in [0.4, 0.5) is 10.5 Å². The van der Waals surface area contributed by atoms with Crippen molar-refractivity contribution >= 4 is 38.6 Å². The normalized spacial score (nSPS) is 27.5. The summed E-state index contributed by atoms with van der Waals surface area (Å²) in [5.74, 6) is -0.354. The van der Waals surface area contributed by atoms with Crippen molar-refractivity contribution in [2.24, 2.45) is 0 Å². The van der Waals surface area contributed by atoms with Crippen molar-refractivity contribution in [3.63, 3.8) is 0 Å². The third-order valence-corrected chi connectivity index (χ3v) is 7.92. The second-order valence-corrected chi connectivity index (χ2v) is 9.72. The van der Waals surface area contributed by atoms with Crippen molar-refractivity contribution in [3.05, 3.63) is 42.5 Å². The fourth-order valence-electron chi connectivity index (χ4n) is 4.72. The average molecular weight is 400 g/mol. The van der Waals surface area contributed by atoms with Crippen LogP contribution >= 0.6 is 0 Å². The summed E-state index contributed by atoms with van der Waals surface area (Å²) in [6.45, 7) is 0.226. The number of carbonyl (C=O) groups is 2. The lowest BCUT2D eigenvalue weighted by Gasteiger charge is -2.35. The van der Waals surface area contributed by atoms with Crippen molar-refractivity contribution in [1.82, 2.24) is 13.5 Å². The second-order valence-electron chi connectivity index (χ2n) is 7.62. The third-order valence-electron chi connectivity index (χ3n) is 5.98. The average Bonchev–Trinajstić information content (AvgIpc) is 3.33. The molecule has 0 aliphatic carbocycles. The topological polar surface area (TPSA) is 81.2 Å². The Morgan fingerprint density at radius 3 is 2.50 bits per heavy atom. The number of fused-ring (bicyclic) bond motifs is 6. The molecule has 0 N–H and O–H groups in total. The maximum absolute atomic E-state index is 13.3. The highest BCUT2D eigenvalue weighted by atomic mass is 32.2. The van der Waals surface area contributed by atoms with Crippen molar-refractivity contribution in [1.29, 1.82) is 0 Å². The number of piperazine rings is 1. The minimum atomic E-state index is -3.65.